The van der Waals surface area contributed by atoms with Gasteiger partial charge in [-0.3, -0.25) is 9.78 Å². The van der Waals surface area contributed by atoms with Crippen LogP contribution in [0.15, 0.2) is 12.4 Å². The smallest absolute Gasteiger partial charge is 0.183 e. The van der Waals surface area contributed by atoms with Gasteiger partial charge in [0.1, 0.15) is 5.69 Å². The highest BCUT2D eigenvalue weighted by molar-refractivity contribution is 5.94. The Labute approximate surface area is 77.2 Å². The highest BCUT2D eigenvalue weighted by Crippen LogP contribution is 2.33. The third-order valence-electron chi connectivity index (χ3n) is 2.24. The minimum atomic E-state index is 0.134. The van der Waals surface area contributed by atoms with Crippen LogP contribution in [0.25, 0.3) is 0 Å². The predicted octanol–water partition coefficient (Wildman–Crippen LogP) is 1.77. The Balaban J connectivity index is 2.05. The summed E-state index contributed by atoms with van der Waals surface area (Å²) in [5, 5.41) is 0. The molecule has 1 aromatic heterocycles. The fourth-order valence-electron chi connectivity index (χ4n) is 1.23. The normalized spacial score (nSPS) is 15.8. The van der Waals surface area contributed by atoms with Gasteiger partial charge in [0, 0.05) is 12.6 Å². The monoisotopic (exact) mass is 176 g/mol. The first kappa shape index (κ1) is 8.35. The average molecular weight is 176 g/mol. The van der Waals surface area contributed by atoms with E-state index in [1.165, 1.54) is 12.8 Å². The van der Waals surface area contributed by atoms with E-state index in [9.17, 15) is 4.79 Å². The molecule has 3 nitrogen and oxygen atoms in total. The van der Waals surface area contributed by atoms with Crippen molar-refractivity contribution in [2.45, 2.75) is 26.2 Å². The molecule has 0 spiro atoms. The third-order valence-corrected chi connectivity index (χ3v) is 2.24. The molecule has 1 fully saturated rings. The van der Waals surface area contributed by atoms with Crippen molar-refractivity contribution >= 4 is 5.78 Å². The molecule has 2 rings (SSSR count). The maximum Gasteiger partial charge on any atom is 0.183 e. The molecule has 0 atom stereocenters. The van der Waals surface area contributed by atoms with Crippen molar-refractivity contribution in [1.82, 2.24) is 9.97 Å². The van der Waals surface area contributed by atoms with Crippen LogP contribution in [0.3, 0.4) is 0 Å². The van der Waals surface area contributed by atoms with E-state index in [1.807, 2.05) is 6.92 Å². The Morgan fingerprint density at radius 2 is 2.23 bits per heavy atom. The molecule has 1 aromatic rings. The number of rotatable bonds is 3. The van der Waals surface area contributed by atoms with Gasteiger partial charge in [-0.05, 0) is 25.7 Å². The van der Waals surface area contributed by atoms with Crippen LogP contribution < -0.4 is 0 Å². The van der Waals surface area contributed by atoms with E-state index in [-0.39, 0.29) is 5.78 Å². The summed E-state index contributed by atoms with van der Waals surface area (Å²) >= 11 is 0. The van der Waals surface area contributed by atoms with Crippen molar-refractivity contribution in [3.05, 3.63) is 23.8 Å². The highest BCUT2D eigenvalue weighted by atomic mass is 16.1. The molecule has 0 radical (unpaired) electrons. The van der Waals surface area contributed by atoms with E-state index in [2.05, 4.69) is 9.97 Å². The molecule has 0 aliphatic heterocycles. The maximum atomic E-state index is 11.5. The van der Waals surface area contributed by atoms with Crippen LogP contribution in [0.1, 0.15) is 35.4 Å². The highest BCUT2D eigenvalue weighted by Gasteiger charge is 2.25. The van der Waals surface area contributed by atoms with Crippen molar-refractivity contribution < 1.29 is 4.79 Å². The van der Waals surface area contributed by atoms with Gasteiger partial charge in [0.2, 0.25) is 0 Å². The Morgan fingerprint density at radius 3 is 2.77 bits per heavy atom. The summed E-state index contributed by atoms with van der Waals surface area (Å²) in [5.74, 6) is 0.755. The Bertz CT molecular complexity index is 314. The Kier molecular flexibility index (Phi) is 2.08. The van der Waals surface area contributed by atoms with E-state index in [0.29, 0.717) is 18.0 Å². The number of nitrogens with zero attached hydrogens (tertiary/aromatic N) is 2. The van der Waals surface area contributed by atoms with Gasteiger partial charge in [-0.25, -0.2) is 4.98 Å². The molecule has 0 saturated heterocycles. The topological polar surface area (TPSA) is 42.9 Å². The van der Waals surface area contributed by atoms with Gasteiger partial charge < -0.3 is 0 Å². The van der Waals surface area contributed by atoms with Gasteiger partial charge in [-0.1, -0.05) is 0 Å². The summed E-state index contributed by atoms with van der Waals surface area (Å²) in [6.07, 6.45) is 6.26. The second-order valence-electron chi connectivity index (χ2n) is 3.61. The zero-order valence-electron chi connectivity index (χ0n) is 7.66. The fourth-order valence-corrected chi connectivity index (χ4v) is 1.23. The minimum Gasteiger partial charge on any atom is -0.292 e. The van der Waals surface area contributed by atoms with Crippen LogP contribution in [0.4, 0.5) is 0 Å². The average Bonchev–Trinajstić information content (AvgIpc) is 2.89. The number of carbonyl (C=O) groups excluding carboxylic acids is 1. The van der Waals surface area contributed by atoms with Crippen LogP contribution >= 0.6 is 0 Å². The Morgan fingerprint density at radius 1 is 1.46 bits per heavy atom. The van der Waals surface area contributed by atoms with Crippen LogP contribution in [0.2, 0.25) is 0 Å². The predicted molar refractivity (Wildman–Crippen MR) is 48.4 cm³/mol. The second-order valence-corrected chi connectivity index (χ2v) is 3.61. The number of aryl methyl sites for hydroxylation is 1. The molecule has 68 valence electrons. The fraction of sp³-hybridized carbons (Fsp3) is 0.500. The minimum absolute atomic E-state index is 0.134. The first-order valence-electron chi connectivity index (χ1n) is 4.57. The molecule has 3 heteroatoms. The molecule has 0 unspecified atom stereocenters. The first-order valence-corrected chi connectivity index (χ1v) is 4.57. The molecule has 0 aromatic carbocycles. The van der Waals surface area contributed by atoms with Crippen LogP contribution in [0, 0.1) is 12.8 Å². The van der Waals surface area contributed by atoms with Crippen LogP contribution in [0.5, 0.6) is 0 Å². The molecule has 0 amide bonds. The molecule has 13 heavy (non-hydrogen) atoms. The number of hydrogen-bond acceptors (Lipinski definition) is 3. The lowest BCUT2D eigenvalue weighted by Gasteiger charge is -1.97. The summed E-state index contributed by atoms with van der Waals surface area (Å²) in [6.45, 7) is 1.86. The SMILES string of the molecule is Cc1cnc(C(=O)CC2CC2)cn1. The number of aromatic nitrogens is 2. The van der Waals surface area contributed by atoms with Crippen molar-refractivity contribution in [1.29, 1.82) is 0 Å². The molecule has 1 aliphatic carbocycles. The van der Waals surface area contributed by atoms with Crippen molar-refractivity contribution in [3.8, 4) is 0 Å². The van der Waals surface area contributed by atoms with E-state index in [1.54, 1.807) is 12.4 Å². The number of hydrogen-bond donors (Lipinski definition) is 0. The zero-order chi connectivity index (χ0) is 9.26. The van der Waals surface area contributed by atoms with Crippen LogP contribution in [-0.2, 0) is 0 Å². The molecular formula is C10H12N2O. The lowest BCUT2D eigenvalue weighted by molar-refractivity contribution is 0.0971. The largest absolute Gasteiger partial charge is 0.292 e. The van der Waals surface area contributed by atoms with Gasteiger partial charge in [-0.15, -0.1) is 0 Å². The quantitative estimate of drug-likeness (QED) is 0.659. The Hall–Kier alpha value is -1.25. The van der Waals surface area contributed by atoms with Gasteiger partial charge in [0.05, 0.1) is 11.9 Å². The first-order chi connectivity index (χ1) is 6.25. The van der Waals surface area contributed by atoms with E-state index >= 15 is 0 Å². The van der Waals surface area contributed by atoms with Gasteiger partial charge in [-0.2, -0.15) is 0 Å². The summed E-state index contributed by atoms with van der Waals surface area (Å²) in [6, 6.07) is 0. The maximum absolute atomic E-state index is 11.5. The number of ketones is 1. The van der Waals surface area contributed by atoms with Gasteiger partial charge in [0.25, 0.3) is 0 Å². The van der Waals surface area contributed by atoms with Gasteiger partial charge >= 0.3 is 0 Å². The summed E-state index contributed by atoms with van der Waals surface area (Å²) in [4.78, 5) is 19.6. The second kappa shape index (κ2) is 3.24. The van der Waals surface area contributed by atoms with Crippen molar-refractivity contribution in [2.24, 2.45) is 5.92 Å². The van der Waals surface area contributed by atoms with Gasteiger partial charge in [0.15, 0.2) is 5.78 Å². The van der Waals surface area contributed by atoms with Crippen molar-refractivity contribution in [3.63, 3.8) is 0 Å². The summed E-state index contributed by atoms with van der Waals surface area (Å²) in [7, 11) is 0. The molecule has 0 N–H and O–H groups in total. The van der Waals surface area contributed by atoms with E-state index in [0.717, 1.165) is 5.69 Å². The third kappa shape index (κ3) is 2.11. The molecule has 0 bridgehead atoms. The molecule has 1 aliphatic rings. The molecule has 1 saturated carbocycles. The molecule has 1 heterocycles. The standard InChI is InChI=1S/C10H12N2O/c1-7-5-12-9(6-11-7)10(13)4-8-2-3-8/h5-6,8H,2-4H2,1H3. The summed E-state index contributed by atoms with van der Waals surface area (Å²) < 4.78 is 0. The van der Waals surface area contributed by atoms with Crippen molar-refractivity contribution in [2.75, 3.05) is 0 Å². The van der Waals surface area contributed by atoms with E-state index < -0.39 is 0 Å². The molecular weight excluding hydrogens is 164 g/mol. The van der Waals surface area contributed by atoms with E-state index in [4.69, 9.17) is 0 Å². The number of Topliss-reactive ketones (excluding diaryl/α,β-unsaturated/α-hetero) is 1. The van der Waals surface area contributed by atoms with Crippen LogP contribution in [-0.4, -0.2) is 15.8 Å². The lowest BCUT2D eigenvalue weighted by Crippen LogP contribution is -2.03. The lowest BCUT2D eigenvalue weighted by atomic mass is 10.1. The number of carbonyl (C=O) groups is 1. The zero-order valence-corrected chi connectivity index (χ0v) is 7.66. The summed E-state index contributed by atoms with van der Waals surface area (Å²) in [5.41, 5.74) is 1.36.